The zero-order chi connectivity index (χ0) is 23.0. The van der Waals surface area contributed by atoms with Crippen molar-refractivity contribution in [3.63, 3.8) is 0 Å². The maximum absolute atomic E-state index is 14.0. The Bertz CT molecular complexity index is 1360. The molecule has 4 aromatic rings. The number of hydrogen-bond acceptors (Lipinski definition) is 6. The summed E-state index contributed by atoms with van der Waals surface area (Å²) in [4.78, 5) is 20.4. The molecule has 33 heavy (non-hydrogen) atoms. The fourth-order valence-corrected chi connectivity index (χ4v) is 7.82. The number of aryl methyl sites for hydroxylation is 1. The molecule has 1 atom stereocenters. The Morgan fingerprint density at radius 1 is 1.09 bits per heavy atom. The number of thiophene rings is 1. The van der Waals surface area contributed by atoms with E-state index in [1.54, 1.807) is 22.4 Å². The molecular weight excluding hydrogens is 474 g/mol. The van der Waals surface area contributed by atoms with Crippen molar-refractivity contribution in [2.45, 2.75) is 24.0 Å². The second-order valence-electron chi connectivity index (χ2n) is 8.06. The molecular formula is C24H23N3O3S3. The highest BCUT2D eigenvalue weighted by Gasteiger charge is 2.37. The third-order valence-corrected chi connectivity index (χ3v) is 10.1. The molecule has 1 aliphatic rings. The minimum Gasteiger partial charge on any atom is -0.274 e. The minimum atomic E-state index is -3.60. The van der Waals surface area contributed by atoms with Gasteiger partial charge in [-0.2, -0.15) is 4.31 Å². The first-order valence-electron chi connectivity index (χ1n) is 10.7. The van der Waals surface area contributed by atoms with Gasteiger partial charge in [0.15, 0.2) is 5.13 Å². The summed E-state index contributed by atoms with van der Waals surface area (Å²) in [6, 6.07) is 18.9. The zero-order valence-electron chi connectivity index (χ0n) is 18.0. The molecule has 6 nitrogen and oxygen atoms in total. The van der Waals surface area contributed by atoms with E-state index >= 15 is 0 Å². The number of sulfonamides is 1. The van der Waals surface area contributed by atoms with Crippen molar-refractivity contribution in [3.05, 3.63) is 71.6 Å². The highest BCUT2D eigenvalue weighted by molar-refractivity contribution is 7.91. The lowest BCUT2D eigenvalue weighted by atomic mass is 9.97. The number of thiazole rings is 1. The molecule has 9 heteroatoms. The fraction of sp³-hybridized carbons (Fsp3) is 0.250. The average Bonchev–Trinajstić information content (AvgIpc) is 3.51. The van der Waals surface area contributed by atoms with Gasteiger partial charge in [0.05, 0.1) is 21.8 Å². The zero-order valence-corrected chi connectivity index (χ0v) is 20.5. The van der Waals surface area contributed by atoms with E-state index in [4.69, 9.17) is 4.98 Å². The number of para-hydroxylation sites is 2. The molecule has 0 aliphatic carbocycles. The van der Waals surface area contributed by atoms with Gasteiger partial charge in [-0.1, -0.05) is 47.7 Å². The van der Waals surface area contributed by atoms with Crippen LogP contribution >= 0.6 is 22.7 Å². The number of hydrogen-bond donors (Lipinski definition) is 0. The van der Waals surface area contributed by atoms with Gasteiger partial charge in [0.1, 0.15) is 4.21 Å². The van der Waals surface area contributed by atoms with Crippen LogP contribution < -0.4 is 4.90 Å². The lowest BCUT2D eigenvalue weighted by Crippen LogP contribution is -2.45. The Balaban J connectivity index is 1.51. The fourth-order valence-electron chi connectivity index (χ4n) is 4.17. The number of nitrogens with zero attached hydrogens (tertiary/aromatic N) is 3. The Hall–Kier alpha value is -2.59. The van der Waals surface area contributed by atoms with Crippen LogP contribution in [0, 0.1) is 12.8 Å². The van der Waals surface area contributed by atoms with Gasteiger partial charge < -0.3 is 0 Å². The monoisotopic (exact) mass is 497 g/mol. The maximum atomic E-state index is 14.0. The van der Waals surface area contributed by atoms with Gasteiger partial charge in [-0.3, -0.25) is 9.69 Å². The Morgan fingerprint density at radius 3 is 2.64 bits per heavy atom. The smallest absolute Gasteiger partial charge is 0.252 e. The minimum absolute atomic E-state index is 0.116. The summed E-state index contributed by atoms with van der Waals surface area (Å²) in [6.45, 7) is 2.57. The number of rotatable bonds is 5. The van der Waals surface area contributed by atoms with Crippen LogP contribution in [0.2, 0.25) is 0 Å². The molecule has 1 unspecified atom stereocenters. The molecule has 0 radical (unpaired) electrons. The molecule has 0 spiro atoms. The molecule has 170 valence electrons. The number of piperidine rings is 1. The summed E-state index contributed by atoms with van der Waals surface area (Å²) in [7, 11) is -3.60. The van der Waals surface area contributed by atoms with Crippen molar-refractivity contribution in [2.75, 3.05) is 18.0 Å². The summed E-state index contributed by atoms with van der Waals surface area (Å²) >= 11 is 2.67. The van der Waals surface area contributed by atoms with E-state index < -0.39 is 15.9 Å². The number of aromatic nitrogens is 1. The molecule has 2 aromatic heterocycles. The van der Waals surface area contributed by atoms with Crippen LogP contribution in [0.4, 0.5) is 10.8 Å². The van der Waals surface area contributed by atoms with E-state index in [0.717, 1.165) is 21.5 Å². The van der Waals surface area contributed by atoms with Crippen molar-refractivity contribution < 1.29 is 13.2 Å². The van der Waals surface area contributed by atoms with E-state index in [-0.39, 0.29) is 12.5 Å². The van der Waals surface area contributed by atoms with E-state index in [0.29, 0.717) is 28.7 Å². The molecule has 2 aromatic carbocycles. The summed E-state index contributed by atoms with van der Waals surface area (Å²) in [5.74, 6) is -0.561. The van der Waals surface area contributed by atoms with Crippen LogP contribution in [0.3, 0.4) is 0 Å². The molecule has 1 saturated heterocycles. The van der Waals surface area contributed by atoms with Gasteiger partial charge >= 0.3 is 0 Å². The summed E-state index contributed by atoms with van der Waals surface area (Å²) in [5, 5.41) is 2.36. The molecule has 5 rings (SSSR count). The molecule has 1 fully saturated rings. The van der Waals surface area contributed by atoms with Crippen LogP contribution in [0.25, 0.3) is 10.2 Å². The number of fused-ring (bicyclic) bond motifs is 1. The SMILES string of the molecule is Cc1ccccc1N(C(=O)C1CCCN(S(=O)(=O)c2cccs2)C1)c1nc2ccccc2s1. The van der Waals surface area contributed by atoms with Gasteiger partial charge in [-0.05, 0) is 55.0 Å². The van der Waals surface area contributed by atoms with Gasteiger partial charge in [0.25, 0.3) is 10.0 Å². The Labute approximate surface area is 201 Å². The predicted molar refractivity (Wildman–Crippen MR) is 134 cm³/mol. The standard InChI is InChI=1S/C24H23N3O3S3/c1-17-8-2-4-11-20(17)27(24-25-19-10-3-5-12-21(19)32-24)23(28)18-9-6-14-26(16-18)33(29,30)22-13-7-15-31-22/h2-5,7-8,10-13,15,18H,6,9,14,16H2,1H3. The maximum Gasteiger partial charge on any atom is 0.252 e. The highest BCUT2D eigenvalue weighted by Crippen LogP contribution is 2.37. The van der Waals surface area contributed by atoms with Crippen molar-refractivity contribution in [2.24, 2.45) is 5.92 Å². The van der Waals surface area contributed by atoms with Gasteiger partial charge in [0.2, 0.25) is 5.91 Å². The van der Waals surface area contributed by atoms with Crippen LogP contribution in [-0.4, -0.2) is 36.7 Å². The topological polar surface area (TPSA) is 70.6 Å². The first-order chi connectivity index (χ1) is 15.9. The molecule has 0 N–H and O–H groups in total. The average molecular weight is 498 g/mol. The van der Waals surface area contributed by atoms with Crippen LogP contribution in [0.15, 0.2) is 70.3 Å². The van der Waals surface area contributed by atoms with E-state index in [1.807, 2.05) is 55.5 Å². The second-order valence-corrected chi connectivity index (χ2v) is 12.2. The van der Waals surface area contributed by atoms with E-state index in [1.165, 1.54) is 27.0 Å². The third kappa shape index (κ3) is 4.21. The van der Waals surface area contributed by atoms with Gasteiger partial charge in [0, 0.05) is 13.1 Å². The molecule has 0 saturated carbocycles. The Morgan fingerprint density at radius 2 is 1.88 bits per heavy atom. The summed E-state index contributed by atoms with van der Waals surface area (Å²) < 4.78 is 29.0. The van der Waals surface area contributed by atoms with E-state index in [2.05, 4.69) is 0 Å². The third-order valence-electron chi connectivity index (χ3n) is 5.87. The number of carbonyl (C=O) groups is 1. The first kappa shape index (κ1) is 22.2. The molecule has 1 amide bonds. The van der Waals surface area contributed by atoms with Crippen LogP contribution in [0.1, 0.15) is 18.4 Å². The normalized spacial score (nSPS) is 17.3. The quantitative estimate of drug-likeness (QED) is 0.369. The predicted octanol–water partition coefficient (Wildman–Crippen LogP) is 5.43. The van der Waals surface area contributed by atoms with Crippen molar-refractivity contribution in [3.8, 4) is 0 Å². The molecule has 3 heterocycles. The first-order valence-corrected chi connectivity index (χ1v) is 13.9. The number of benzene rings is 2. The summed E-state index contributed by atoms with van der Waals surface area (Å²) in [5.41, 5.74) is 2.58. The number of anilines is 2. The summed E-state index contributed by atoms with van der Waals surface area (Å²) in [6.07, 6.45) is 1.28. The van der Waals surface area contributed by atoms with Crippen LogP contribution in [0.5, 0.6) is 0 Å². The van der Waals surface area contributed by atoms with Crippen molar-refractivity contribution in [1.82, 2.24) is 9.29 Å². The number of amides is 1. The Kier molecular flexibility index (Phi) is 6.05. The lowest BCUT2D eigenvalue weighted by Gasteiger charge is -2.33. The largest absolute Gasteiger partial charge is 0.274 e. The van der Waals surface area contributed by atoms with Crippen molar-refractivity contribution in [1.29, 1.82) is 0 Å². The molecule has 1 aliphatic heterocycles. The lowest BCUT2D eigenvalue weighted by molar-refractivity contribution is -0.122. The highest BCUT2D eigenvalue weighted by atomic mass is 32.2. The molecule has 0 bridgehead atoms. The van der Waals surface area contributed by atoms with E-state index in [9.17, 15) is 13.2 Å². The van der Waals surface area contributed by atoms with Crippen molar-refractivity contribution >= 4 is 59.6 Å². The number of carbonyl (C=O) groups excluding carboxylic acids is 1. The van der Waals surface area contributed by atoms with Gasteiger partial charge in [-0.15, -0.1) is 11.3 Å². The second kappa shape index (κ2) is 8.98. The van der Waals surface area contributed by atoms with Crippen LogP contribution in [-0.2, 0) is 14.8 Å². The van der Waals surface area contributed by atoms with Gasteiger partial charge in [-0.25, -0.2) is 13.4 Å².